The van der Waals surface area contributed by atoms with Crippen LogP contribution in [0, 0.1) is 0 Å². The van der Waals surface area contributed by atoms with Crippen LogP contribution in [-0.2, 0) is 6.18 Å². The molecule has 156 valence electrons. The summed E-state index contributed by atoms with van der Waals surface area (Å²) < 4.78 is 49.4. The van der Waals surface area contributed by atoms with Crippen molar-refractivity contribution in [3.05, 3.63) is 60.1 Å². The van der Waals surface area contributed by atoms with E-state index >= 15 is 0 Å². The van der Waals surface area contributed by atoms with Crippen molar-refractivity contribution in [2.24, 2.45) is 0 Å². The number of halogens is 3. The van der Waals surface area contributed by atoms with Crippen LogP contribution in [-0.4, -0.2) is 29.3 Å². The number of nitrogens with one attached hydrogen (secondary N) is 1. The van der Waals surface area contributed by atoms with Crippen molar-refractivity contribution in [2.75, 3.05) is 18.1 Å². The molecule has 0 unspecified atom stereocenters. The number of hydrogen-bond donors (Lipinski definition) is 1. The highest BCUT2D eigenvalue weighted by molar-refractivity contribution is 5.94. The molecule has 0 radical (unpaired) electrons. The molecule has 1 aromatic carbocycles. The number of fused-ring (bicyclic) bond motifs is 1. The van der Waals surface area contributed by atoms with Crippen LogP contribution in [0.2, 0.25) is 0 Å². The van der Waals surface area contributed by atoms with E-state index in [4.69, 9.17) is 9.26 Å². The fourth-order valence-corrected chi connectivity index (χ4v) is 3.09. The summed E-state index contributed by atoms with van der Waals surface area (Å²) in [7, 11) is 0. The minimum atomic E-state index is -4.56. The number of nitrogens with zero attached hydrogens (tertiary/aromatic N) is 3. The van der Waals surface area contributed by atoms with Crippen LogP contribution in [0.1, 0.15) is 24.4 Å². The van der Waals surface area contributed by atoms with Gasteiger partial charge in [-0.3, -0.25) is 9.88 Å². The number of hydrogen-bond acceptors (Lipinski definition) is 5. The summed E-state index contributed by atoms with van der Waals surface area (Å²) in [5.74, 6) is 0.928. The number of alkyl halides is 3. The van der Waals surface area contributed by atoms with Crippen LogP contribution in [0.3, 0.4) is 0 Å². The van der Waals surface area contributed by atoms with Gasteiger partial charge in [0.05, 0.1) is 18.3 Å². The molecule has 0 aliphatic carbocycles. The number of ether oxygens (including phenoxy) is 1. The number of rotatable bonds is 3. The van der Waals surface area contributed by atoms with Gasteiger partial charge in [-0.2, -0.15) is 13.2 Å². The number of carbonyl (C=O) groups is 1. The van der Waals surface area contributed by atoms with E-state index in [2.05, 4.69) is 15.5 Å². The quantitative estimate of drug-likeness (QED) is 0.681. The highest BCUT2D eigenvalue weighted by Crippen LogP contribution is 2.32. The van der Waals surface area contributed by atoms with Crippen LogP contribution in [0.4, 0.5) is 23.7 Å². The van der Waals surface area contributed by atoms with Crippen LogP contribution >= 0.6 is 0 Å². The van der Waals surface area contributed by atoms with Gasteiger partial charge in [-0.05, 0) is 31.2 Å². The highest BCUT2D eigenvalue weighted by atomic mass is 19.4. The average Bonchev–Trinajstić information content (AvgIpc) is 3.23. The topological polar surface area (TPSA) is 80.5 Å². The molecule has 1 aliphatic heterocycles. The molecule has 3 aromatic rings. The van der Waals surface area contributed by atoms with E-state index in [1.807, 2.05) is 12.1 Å². The minimum Gasteiger partial charge on any atom is -0.490 e. The van der Waals surface area contributed by atoms with E-state index < -0.39 is 17.9 Å². The van der Waals surface area contributed by atoms with Gasteiger partial charge in [0.1, 0.15) is 23.7 Å². The van der Waals surface area contributed by atoms with Crippen molar-refractivity contribution in [3.63, 3.8) is 0 Å². The van der Waals surface area contributed by atoms with Gasteiger partial charge >= 0.3 is 12.2 Å². The van der Waals surface area contributed by atoms with Crippen LogP contribution < -0.4 is 15.0 Å². The van der Waals surface area contributed by atoms with E-state index in [0.29, 0.717) is 30.3 Å². The Bertz CT molecular complexity index is 1070. The van der Waals surface area contributed by atoms with E-state index in [9.17, 15) is 18.0 Å². The molecule has 7 nitrogen and oxygen atoms in total. The van der Waals surface area contributed by atoms with Crippen LogP contribution in [0.25, 0.3) is 11.3 Å². The predicted molar refractivity (Wildman–Crippen MR) is 101 cm³/mol. The molecule has 1 atom stereocenters. The second kappa shape index (κ2) is 7.69. The molecule has 0 spiro atoms. The normalized spacial score (nSPS) is 14.6. The Morgan fingerprint density at radius 2 is 2.03 bits per heavy atom. The van der Waals surface area contributed by atoms with Crippen molar-refractivity contribution >= 4 is 11.7 Å². The van der Waals surface area contributed by atoms with E-state index in [0.717, 1.165) is 12.3 Å². The first kappa shape index (κ1) is 19.7. The second-order valence-electron chi connectivity index (χ2n) is 6.68. The predicted octanol–water partition coefficient (Wildman–Crippen LogP) is 4.43. The van der Waals surface area contributed by atoms with Gasteiger partial charge in [0.2, 0.25) is 0 Å². The number of para-hydroxylation sites is 2. The third-order valence-corrected chi connectivity index (χ3v) is 4.61. The molecule has 2 amide bonds. The molecule has 1 N–H and O–H groups in total. The molecule has 0 fully saturated rings. The summed E-state index contributed by atoms with van der Waals surface area (Å²) in [4.78, 5) is 17.6. The van der Waals surface area contributed by atoms with Crippen molar-refractivity contribution in [1.82, 2.24) is 15.5 Å². The smallest absolute Gasteiger partial charge is 0.433 e. The number of amides is 2. The number of urea groups is 1. The third-order valence-electron chi connectivity index (χ3n) is 4.61. The van der Waals surface area contributed by atoms with Gasteiger partial charge in [0.15, 0.2) is 5.76 Å². The van der Waals surface area contributed by atoms with Gasteiger partial charge in [-0.1, -0.05) is 17.3 Å². The maximum absolute atomic E-state index is 12.9. The standard InChI is InChI=1S/C20H17F3N4O3/c1-12(25-19(28)27-8-9-29-16-5-3-2-4-15(16)27)17-11-14(26-30-17)13-6-7-24-18(10-13)20(21,22)23/h2-7,10-12H,8-9H2,1H3,(H,25,28)/t12-/m0/s1. The lowest BCUT2D eigenvalue weighted by Crippen LogP contribution is -2.45. The van der Waals surface area contributed by atoms with Crippen molar-refractivity contribution < 1.29 is 27.2 Å². The Labute approximate surface area is 169 Å². The lowest BCUT2D eigenvalue weighted by atomic mass is 10.1. The van der Waals surface area contributed by atoms with Crippen molar-refractivity contribution in [1.29, 1.82) is 0 Å². The lowest BCUT2D eigenvalue weighted by molar-refractivity contribution is -0.141. The fourth-order valence-electron chi connectivity index (χ4n) is 3.09. The maximum Gasteiger partial charge on any atom is 0.433 e. The first-order valence-electron chi connectivity index (χ1n) is 9.13. The number of pyridine rings is 1. The second-order valence-corrected chi connectivity index (χ2v) is 6.68. The zero-order valence-electron chi connectivity index (χ0n) is 15.8. The van der Waals surface area contributed by atoms with Gasteiger partial charge < -0.3 is 14.6 Å². The van der Waals surface area contributed by atoms with E-state index in [1.165, 1.54) is 12.1 Å². The summed E-state index contributed by atoms with van der Waals surface area (Å²) in [5.41, 5.74) is 0.0729. The molecule has 10 heteroatoms. The Morgan fingerprint density at radius 3 is 2.83 bits per heavy atom. The monoisotopic (exact) mass is 418 g/mol. The summed E-state index contributed by atoms with van der Waals surface area (Å²) in [6.07, 6.45) is -3.49. The molecular weight excluding hydrogens is 401 g/mol. The van der Waals surface area contributed by atoms with E-state index in [1.54, 1.807) is 24.0 Å². The molecule has 1 aliphatic rings. The highest BCUT2D eigenvalue weighted by Gasteiger charge is 2.33. The molecule has 0 saturated carbocycles. The molecule has 30 heavy (non-hydrogen) atoms. The van der Waals surface area contributed by atoms with Crippen molar-refractivity contribution in [3.8, 4) is 17.0 Å². The Morgan fingerprint density at radius 1 is 1.23 bits per heavy atom. The minimum absolute atomic E-state index is 0.216. The third kappa shape index (κ3) is 3.93. The van der Waals surface area contributed by atoms with E-state index in [-0.39, 0.29) is 17.3 Å². The number of benzene rings is 1. The molecule has 0 saturated heterocycles. The Hall–Kier alpha value is -3.56. The first-order valence-corrected chi connectivity index (χ1v) is 9.13. The summed E-state index contributed by atoms with van der Waals surface area (Å²) in [6.45, 7) is 2.45. The van der Waals surface area contributed by atoms with Gasteiger partial charge in [-0.25, -0.2) is 4.79 Å². The molecule has 2 aromatic heterocycles. The molecule has 4 rings (SSSR count). The average molecular weight is 418 g/mol. The zero-order chi connectivity index (χ0) is 21.3. The summed E-state index contributed by atoms with van der Waals surface area (Å²) in [5, 5.41) is 6.64. The van der Waals surface area contributed by atoms with Crippen molar-refractivity contribution in [2.45, 2.75) is 19.1 Å². The largest absolute Gasteiger partial charge is 0.490 e. The SMILES string of the molecule is C[C@H](NC(=O)N1CCOc2ccccc21)c1cc(-c2ccnc(C(F)(F)F)c2)no1. The molecular formula is C20H17F3N4O3. The lowest BCUT2D eigenvalue weighted by Gasteiger charge is -2.30. The number of aromatic nitrogens is 2. The Balaban J connectivity index is 1.49. The summed E-state index contributed by atoms with van der Waals surface area (Å²) in [6, 6.07) is 10.1. The maximum atomic E-state index is 12.9. The number of carbonyl (C=O) groups excluding carboxylic acids is 1. The fraction of sp³-hybridized carbons (Fsp3) is 0.250. The van der Waals surface area contributed by atoms with Gasteiger partial charge in [-0.15, -0.1) is 0 Å². The summed E-state index contributed by atoms with van der Waals surface area (Å²) >= 11 is 0. The Kier molecular flexibility index (Phi) is 5.06. The first-order chi connectivity index (χ1) is 14.3. The molecule has 3 heterocycles. The van der Waals surface area contributed by atoms with Crippen LogP contribution in [0.15, 0.2) is 53.2 Å². The number of anilines is 1. The molecule has 0 bridgehead atoms. The zero-order valence-corrected chi connectivity index (χ0v) is 15.8. The van der Waals surface area contributed by atoms with Gasteiger partial charge in [0.25, 0.3) is 0 Å². The van der Waals surface area contributed by atoms with Crippen LogP contribution in [0.5, 0.6) is 5.75 Å². The van der Waals surface area contributed by atoms with Gasteiger partial charge in [0, 0.05) is 17.8 Å².